The Hall–Kier alpha value is -2.07. The van der Waals surface area contributed by atoms with Gasteiger partial charge in [-0.25, -0.2) is 8.78 Å². The van der Waals surface area contributed by atoms with E-state index in [1.807, 2.05) is 0 Å². The second-order valence-electron chi connectivity index (χ2n) is 3.89. The molecule has 2 nitrogen and oxygen atoms in total. The van der Waals surface area contributed by atoms with Crippen LogP contribution in [0.5, 0.6) is 0 Å². The third-order valence-corrected chi connectivity index (χ3v) is 2.58. The molecular formula is C14H11F2NO. The molecule has 0 heterocycles. The number of halogens is 2. The van der Waals surface area contributed by atoms with Gasteiger partial charge in [0.1, 0.15) is 11.6 Å². The standard InChI is InChI=1S/C14H11F2NO/c15-12-5-11(6-13(16)7-12)14(18)10-3-1-9(8-17)2-4-10/h1-7H,8,17H2. The summed E-state index contributed by atoms with van der Waals surface area (Å²) >= 11 is 0. The van der Waals surface area contributed by atoms with Gasteiger partial charge >= 0.3 is 0 Å². The topological polar surface area (TPSA) is 43.1 Å². The Balaban J connectivity index is 2.34. The van der Waals surface area contributed by atoms with E-state index >= 15 is 0 Å². The highest BCUT2D eigenvalue weighted by Gasteiger charge is 2.11. The molecule has 2 aromatic rings. The van der Waals surface area contributed by atoms with Crippen LogP contribution in [0.3, 0.4) is 0 Å². The van der Waals surface area contributed by atoms with E-state index in [0.717, 1.165) is 23.8 Å². The van der Waals surface area contributed by atoms with E-state index in [1.54, 1.807) is 24.3 Å². The molecule has 0 fully saturated rings. The molecule has 0 bridgehead atoms. The quantitative estimate of drug-likeness (QED) is 0.847. The molecule has 0 radical (unpaired) electrons. The summed E-state index contributed by atoms with van der Waals surface area (Å²) in [6.07, 6.45) is 0. The van der Waals surface area contributed by atoms with Crippen LogP contribution < -0.4 is 5.73 Å². The highest BCUT2D eigenvalue weighted by atomic mass is 19.1. The van der Waals surface area contributed by atoms with E-state index < -0.39 is 17.4 Å². The van der Waals surface area contributed by atoms with Crippen molar-refractivity contribution in [2.24, 2.45) is 5.73 Å². The van der Waals surface area contributed by atoms with Crippen molar-refractivity contribution in [3.8, 4) is 0 Å². The number of hydrogen-bond donors (Lipinski definition) is 1. The zero-order valence-electron chi connectivity index (χ0n) is 9.49. The molecule has 0 atom stereocenters. The molecule has 0 amide bonds. The van der Waals surface area contributed by atoms with Gasteiger partial charge in [0.25, 0.3) is 0 Å². The number of carbonyl (C=O) groups is 1. The number of carbonyl (C=O) groups excluding carboxylic acids is 1. The van der Waals surface area contributed by atoms with Gasteiger partial charge in [-0.05, 0) is 17.7 Å². The molecule has 0 aliphatic carbocycles. The fraction of sp³-hybridized carbons (Fsp3) is 0.0714. The molecule has 0 aliphatic rings. The second kappa shape index (κ2) is 5.06. The van der Waals surface area contributed by atoms with E-state index in [0.29, 0.717) is 12.1 Å². The molecular weight excluding hydrogens is 236 g/mol. The van der Waals surface area contributed by atoms with Crippen molar-refractivity contribution in [2.75, 3.05) is 0 Å². The Labute approximate surface area is 103 Å². The molecule has 2 aromatic carbocycles. The molecule has 18 heavy (non-hydrogen) atoms. The van der Waals surface area contributed by atoms with Gasteiger partial charge in [-0.1, -0.05) is 24.3 Å². The molecule has 0 aromatic heterocycles. The van der Waals surface area contributed by atoms with Crippen molar-refractivity contribution >= 4 is 5.78 Å². The van der Waals surface area contributed by atoms with Crippen LogP contribution in [0.4, 0.5) is 8.78 Å². The largest absolute Gasteiger partial charge is 0.326 e. The van der Waals surface area contributed by atoms with E-state index in [2.05, 4.69) is 0 Å². The lowest BCUT2D eigenvalue weighted by Gasteiger charge is -2.03. The van der Waals surface area contributed by atoms with Crippen LogP contribution in [-0.2, 0) is 6.54 Å². The number of rotatable bonds is 3. The van der Waals surface area contributed by atoms with Gasteiger partial charge in [0.2, 0.25) is 0 Å². The minimum absolute atomic E-state index is 0.00648. The second-order valence-corrected chi connectivity index (χ2v) is 3.89. The predicted molar refractivity (Wildman–Crippen MR) is 64.1 cm³/mol. The number of hydrogen-bond acceptors (Lipinski definition) is 2. The van der Waals surface area contributed by atoms with Crippen LogP contribution >= 0.6 is 0 Å². The summed E-state index contributed by atoms with van der Waals surface area (Å²) in [6, 6.07) is 9.37. The summed E-state index contributed by atoms with van der Waals surface area (Å²) in [6.45, 7) is 0.378. The summed E-state index contributed by atoms with van der Waals surface area (Å²) in [4.78, 5) is 12.0. The number of nitrogens with two attached hydrogens (primary N) is 1. The fourth-order valence-corrected chi connectivity index (χ4v) is 1.64. The maximum atomic E-state index is 13.0. The van der Waals surface area contributed by atoms with Gasteiger partial charge in [0.05, 0.1) is 0 Å². The van der Waals surface area contributed by atoms with Crippen molar-refractivity contribution in [1.29, 1.82) is 0 Å². The number of ketones is 1. The average Bonchev–Trinajstić information content (AvgIpc) is 2.37. The lowest BCUT2D eigenvalue weighted by Crippen LogP contribution is -2.03. The van der Waals surface area contributed by atoms with Crippen molar-refractivity contribution in [1.82, 2.24) is 0 Å². The van der Waals surface area contributed by atoms with Gasteiger partial charge < -0.3 is 5.73 Å². The van der Waals surface area contributed by atoms with Crippen LogP contribution in [0.15, 0.2) is 42.5 Å². The normalized spacial score (nSPS) is 10.4. The molecule has 2 rings (SSSR count). The highest BCUT2D eigenvalue weighted by Crippen LogP contribution is 2.14. The first kappa shape index (κ1) is 12.4. The zero-order valence-corrected chi connectivity index (χ0v) is 9.49. The van der Waals surface area contributed by atoms with Gasteiger partial charge in [-0.15, -0.1) is 0 Å². The Morgan fingerprint density at radius 1 is 0.944 bits per heavy atom. The van der Waals surface area contributed by atoms with E-state index in [9.17, 15) is 13.6 Å². The Morgan fingerprint density at radius 3 is 2.00 bits per heavy atom. The monoisotopic (exact) mass is 247 g/mol. The predicted octanol–water partition coefficient (Wildman–Crippen LogP) is 2.65. The van der Waals surface area contributed by atoms with E-state index in [-0.39, 0.29) is 5.56 Å². The first-order valence-corrected chi connectivity index (χ1v) is 5.40. The maximum Gasteiger partial charge on any atom is 0.193 e. The maximum absolute atomic E-state index is 13.0. The Morgan fingerprint density at radius 2 is 1.50 bits per heavy atom. The lowest BCUT2D eigenvalue weighted by molar-refractivity contribution is 0.103. The van der Waals surface area contributed by atoms with Gasteiger partial charge in [0, 0.05) is 23.7 Å². The summed E-state index contributed by atoms with van der Waals surface area (Å²) in [5.74, 6) is -1.95. The molecule has 0 spiro atoms. The average molecular weight is 247 g/mol. The molecule has 0 unspecified atom stereocenters. The molecule has 0 aliphatic heterocycles. The summed E-state index contributed by atoms with van der Waals surface area (Å²) in [5, 5.41) is 0. The third-order valence-electron chi connectivity index (χ3n) is 2.58. The summed E-state index contributed by atoms with van der Waals surface area (Å²) in [5.41, 5.74) is 6.69. The minimum atomic E-state index is -0.767. The third kappa shape index (κ3) is 2.60. The summed E-state index contributed by atoms with van der Waals surface area (Å²) < 4.78 is 26.0. The van der Waals surface area contributed by atoms with Gasteiger partial charge in [-0.3, -0.25) is 4.79 Å². The fourth-order valence-electron chi connectivity index (χ4n) is 1.64. The van der Waals surface area contributed by atoms with E-state index in [4.69, 9.17) is 5.73 Å². The first-order valence-electron chi connectivity index (χ1n) is 5.40. The lowest BCUT2D eigenvalue weighted by atomic mass is 10.0. The van der Waals surface area contributed by atoms with Gasteiger partial charge in [0.15, 0.2) is 5.78 Å². The summed E-state index contributed by atoms with van der Waals surface area (Å²) in [7, 11) is 0. The van der Waals surface area contributed by atoms with Crippen molar-refractivity contribution < 1.29 is 13.6 Å². The Bertz CT molecular complexity index is 559. The Kier molecular flexibility index (Phi) is 3.48. The highest BCUT2D eigenvalue weighted by molar-refractivity contribution is 6.08. The van der Waals surface area contributed by atoms with Gasteiger partial charge in [-0.2, -0.15) is 0 Å². The molecule has 2 N–H and O–H groups in total. The van der Waals surface area contributed by atoms with Crippen molar-refractivity contribution in [3.63, 3.8) is 0 Å². The van der Waals surface area contributed by atoms with Crippen molar-refractivity contribution in [3.05, 3.63) is 70.8 Å². The number of benzene rings is 2. The van der Waals surface area contributed by atoms with Crippen LogP contribution in [0.2, 0.25) is 0 Å². The molecule has 0 saturated carbocycles. The van der Waals surface area contributed by atoms with Crippen LogP contribution in [0, 0.1) is 11.6 Å². The minimum Gasteiger partial charge on any atom is -0.326 e. The first-order chi connectivity index (χ1) is 8.60. The zero-order chi connectivity index (χ0) is 13.1. The van der Waals surface area contributed by atoms with Crippen molar-refractivity contribution in [2.45, 2.75) is 6.54 Å². The molecule has 92 valence electrons. The van der Waals surface area contributed by atoms with Crippen LogP contribution in [0.25, 0.3) is 0 Å². The molecule has 4 heteroatoms. The smallest absolute Gasteiger partial charge is 0.193 e. The van der Waals surface area contributed by atoms with Crippen LogP contribution in [-0.4, -0.2) is 5.78 Å². The molecule has 0 saturated heterocycles. The SMILES string of the molecule is NCc1ccc(C(=O)c2cc(F)cc(F)c2)cc1. The van der Waals surface area contributed by atoms with Crippen LogP contribution in [0.1, 0.15) is 21.5 Å². The van der Waals surface area contributed by atoms with E-state index in [1.165, 1.54) is 0 Å².